The fourth-order valence-electron chi connectivity index (χ4n) is 1.17. The first-order valence-electron chi connectivity index (χ1n) is 5.23. The van der Waals surface area contributed by atoms with Gasteiger partial charge >= 0.3 is 0 Å². The summed E-state index contributed by atoms with van der Waals surface area (Å²) in [4.78, 5) is 0. The van der Waals surface area contributed by atoms with Crippen molar-refractivity contribution in [3.8, 4) is 0 Å². The molecule has 84 valence electrons. The Morgan fingerprint density at radius 3 is 1.12 bits per heavy atom. The van der Waals surface area contributed by atoms with E-state index in [1.165, 1.54) is 0 Å². The van der Waals surface area contributed by atoms with Crippen molar-refractivity contribution in [2.45, 2.75) is 13.8 Å². The predicted octanol–water partition coefficient (Wildman–Crippen LogP) is 3.15. The van der Waals surface area contributed by atoms with Crippen LogP contribution in [-0.2, 0) is 0 Å². The fraction of sp³-hybridized carbons (Fsp3) is 0.143. The van der Waals surface area contributed by atoms with Crippen LogP contribution in [0.4, 0.5) is 11.4 Å². The van der Waals surface area contributed by atoms with Gasteiger partial charge in [-0.2, -0.15) is 0 Å². The molecular formula is C14H18N2. The van der Waals surface area contributed by atoms with Crippen LogP contribution < -0.4 is 11.5 Å². The lowest BCUT2D eigenvalue weighted by Crippen LogP contribution is -1.85. The van der Waals surface area contributed by atoms with Crippen LogP contribution in [0, 0.1) is 13.8 Å². The first kappa shape index (κ1) is 12.1. The SMILES string of the molecule is Cc1ccccc1N.Cc1ccccc1N. The third-order valence-electron chi connectivity index (χ3n) is 2.38. The van der Waals surface area contributed by atoms with Crippen molar-refractivity contribution >= 4 is 11.4 Å². The first-order chi connectivity index (χ1) is 7.61. The van der Waals surface area contributed by atoms with Crippen molar-refractivity contribution in [1.29, 1.82) is 0 Å². The van der Waals surface area contributed by atoms with E-state index in [1.807, 2.05) is 62.4 Å². The average Bonchev–Trinajstić information content (AvgIpc) is 2.28. The molecule has 2 heteroatoms. The zero-order chi connectivity index (χ0) is 12.0. The van der Waals surface area contributed by atoms with Crippen molar-refractivity contribution in [1.82, 2.24) is 0 Å². The van der Waals surface area contributed by atoms with Crippen LogP contribution in [0.3, 0.4) is 0 Å². The van der Waals surface area contributed by atoms with E-state index in [4.69, 9.17) is 11.5 Å². The van der Waals surface area contributed by atoms with Crippen molar-refractivity contribution in [2.24, 2.45) is 0 Å². The maximum Gasteiger partial charge on any atom is 0.0343 e. The van der Waals surface area contributed by atoms with Gasteiger partial charge in [0.25, 0.3) is 0 Å². The fourth-order valence-corrected chi connectivity index (χ4v) is 1.17. The van der Waals surface area contributed by atoms with E-state index < -0.39 is 0 Å². The van der Waals surface area contributed by atoms with Crippen molar-refractivity contribution in [3.63, 3.8) is 0 Å². The molecule has 0 heterocycles. The predicted molar refractivity (Wildman–Crippen MR) is 71.2 cm³/mol. The molecule has 0 fully saturated rings. The summed E-state index contributed by atoms with van der Waals surface area (Å²) < 4.78 is 0. The van der Waals surface area contributed by atoms with Crippen molar-refractivity contribution in [3.05, 3.63) is 59.7 Å². The van der Waals surface area contributed by atoms with E-state index in [0.29, 0.717) is 0 Å². The number of nitrogen functional groups attached to an aromatic ring is 2. The molecule has 0 aliphatic rings. The minimum Gasteiger partial charge on any atom is -0.399 e. The van der Waals surface area contributed by atoms with Crippen molar-refractivity contribution in [2.75, 3.05) is 11.5 Å². The lowest BCUT2D eigenvalue weighted by molar-refractivity contribution is 1.47. The van der Waals surface area contributed by atoms with E-state index in [1.54, 1.807) is 0 Å². The van der Waals surface area contributed by atoms with Gasteiger partial charge in [0.15, 0.2) is 0 Å². The van der Waals surface area contributed by atoms with E-state index in [0.717, 1.165) is 22.5 Å². The van der Waals surface area contributed by atoms with Crippen LogP contribution in [0.5, 0.6) is 0 Å². The molecule has 0 aromatic heterocycles. The summed E-state index contributed by atoms with van der Waals surface area (Å²) in [6.07, 6.45) is 0. The summed E-state index contributed by atoms with van der Waals surface area (Å²) in [6.45, 7) is 3.99. The van der Waals surface area contributed by atoms with Gasteiger partial charge in [-0.05, 0) is 37.1 Å². The molecule has 0 unspecified atom stereocenters. The second-order valence-corrected chi connectivity index (χ2v) is 3.71. The molecule has 2 rings (SSSR count). The smallest absolute Gasteiger partial charge is 0.0343 e. The second-order valence-electron chi connectivity index (χ2n) is 3.71. The van der Waals surface area contributed by atoms with Gasteiger partial charge in [-0.25, -0.2) is 0 Å². The van der Waals surface area contributed by atoms with Gasteiger partial charge in [-0.15, -0.1) is 0 Å². The third-order valence-corrected chi connectivity index (χ3v) is 2.38. The van der Waals surface area contributed by atoms with Gasteiger partial charge in [-0.1, -0.05) is 36.4 Å². The number of para-hydroxylation sites is 2. The minimum atomic E-state index is 0.868. The van der Waals surface area contributed by atoms with Crippen LogP contribution in [0.1, 0.15) is 11.1 Å². The molecule has 0 atom stereocenters. The molecule has 0 radical (unpaired) electrons. The molecule has 4 N–H and O–H groups in total. The van der Waals surface area contributed by atoms with Crippen LogP contribution in [0.25, 0.3) is 0 Å². The Morgan fingerprint density at radius 1 is 0.625 bits per heavy atom. The summed E-state index contributed by atoms with van der Waals surface area (Å²) in [5.41, 5.74) is 15.1. The normalized spacial score (nSPS) is 9.12. The highest BCUT2D eigenvalue weighted by molar-refractivity contribution is 5.45. The van der Waals surface area contributed by atoms with Gasteiger partial charge in [0.2, 0.25) is 0 Å². The maximum absolute atomic E-state index is 5.52. The highest BCUT2D eigenvalue weighted by atomic mass is 14.5. The molecule has 0 bridgehead atoms. The monoisotopic (exact) mass is 214 g/mol. The Hall–Kier alpha value is -1.96. The van der Waals surface area contributed by atoms with Gasteiger partial charge in [0.05, 0.1) is 0 Å². The molecule has 0 spiro atoms. The average molecular weight is 214 g/mol. The molecule has 2 aromatic rings. The summed E-state index contributed by atoms with van der Waals surface area (Å²) >= 11 is 0. The van der Waals surface area contributed by atoms with E-state index in [2.05, 4.69) is 0 Å². The number of hydrogen-bond acceptors (Lipinski definition) is 2. The Morgan fingerprint density at radius 2 is 0.938 bits per heavy atom. The Balaban J connectivity index is 0.000000160. The summed E-state index contributed by atoms with van der Waals surface area (Å²) in [6, 6.07) is 15.6. The van der Waals surface area contributed by atoms with Crippen molar-refractivity contribution < 1.29 is 0 Å². The Labute approximate surface area is 96.9 Å². The number of hydrogen-bond donors (Lipinski definition) is 2. The van der Waals surface area contributed by atoms with Gasteiger partial charge in [0.1, 0.15) is 0 Å². The molecule has 0 amide bonds. The van der Waals surface area contributed by atoms with Crippen LogP contribution in [0.15, 0.2) is 48.5 Å². The molecular weight excluding hydrogens is 196 g/mol. The topological polar surface area (TPSA) is 52.0 Å². The number of benzene rings is 2. The number of nitrogens with two attached hydrogens (primary N) is 2. The molecule has 0 aliphatic carbocycles. The molecule has 2 nitrogen and oxygen atoms in total. The molecule has 2 aromatic carbocycles. The quantitative estimate of drug-likeness (QED) is 0.662. The highest BCUT2D eigenvalue weighted by Gasteiger charge is 1.85. The largest absolute Gasteiger partial charge is 0.399 e. The molecule has 0 aliphatic heterocycles. The maximum atomic E-state index is 5.52. The van der Waals surface area contributed by atoms with Gasteiger partial charge < -0.3 is 11.5 Å². The first-order valence-corrected chi connectivity index (χ1v) is 5.23. The van der Waals surface area contributed by atoms with Gasteiger partial charge in [-0.3, -0.25) is 0 Å². The van der Waals surface area contributed by atoms with Gasteiger partial charge in [0, 0.05) is 11.4 Å². The standard InChI is InChI=1S/2C7H9N/c2*1-6-4-2-3-5-7(6)8/h2*2-5H,8H2,1H3. The number of aryl methyl sites for hydroxylation is 2. The van der Waals surface area contributed by atoms with Crippen LogP contribution in [-0.4, -0.2) is 0 Å². The van der Waals surface area contributed by atoms with Crippen LogP contribution in [0.2, 0.25) is 0 Å². The Kier molecular flexibility index (Phi) is 4.40. The second kappa shape index (κ2) is 5.81. The summed E-state index contributed by atoms with van der Waals surface area (Å²) in [7, 11) is 0. The molecule has 16 heavy (non-hydrogen) atoms. The zero-order valence-electron chi connectivity index (χ0n) is 9.77. The van der Waals surface area contributed by atoms with Crippen LogP contribution >= 0.6 is 0 Å². The minimum absolute atomic E-state index is 0.868. The van der Waals surface area contributed by atoms with E-state index in [-0.39, 0.29) is 0 Å². The third kappa shape index (κ3) is 3.65. The summed E-state index contributed by atoms with van der Waals surface area (Å²) in [5.74, 6) is 0. The molecule has 0 saturated carbocycles. The summed E-state index contributed by atoms with van der Waals surface area (Å²) in [5, 5.41) is 0. The zero-order valence-corrected chi connectivity index (χ0v) is 9.77. The Bertz CT molecular complexity index is 364. The van der Waals surface area contributed by atoms with E-state index >= 15 is 0 Å². The highest BCUT2D eigenvalue weighted by Crippen LogP contribution is 2.07. The lowest BCUT2D eigenvalue weighted by Gasteiger charge is -1.93. The molecule has 0 saturated heterocycles. The number of anilines is 2. The lowest BCUT2D eigenvalue weighted by atomic mass is 10.2. The van der Waals surface area contributed by atoms with E-state index in [9.17, 15) is 0 Å². The number of rotatable bonds is 0.